The topological polar surface area (TPSA) is 18.5 Å². The third-order valence-corrected chi connectivity index (χ3v) is 5.78. The molecule has 1 aliphatic rings. The van der Waals surface area contributed by atoms with E-state index in [1.54, 1.807) is 0 Å². The maximum atomic E-state index is 5.91. The van der Waals surface area contributed by atoms with Crippen molar-refractivity contribution in [1.82, 2.24) is 0 Å². The van der Waals surface area contributed by atoms with Crippen molar-refractivity contribution in [1.29, 1.82) is 0 Å². The van der Waals surface area contributed by atoms with E-state index in [-0.39, 0.29) is 0 Å². The van der Waals surface area contributed by atoms with Gasteiger partial charge >= 0.3 is 0 Å². The summed E-state index contributed by atoms with van der Waals surface area (Å²) in [5.74, 6) is 3.88. The first-order valence-corrected chi connectivity index (χ1v) is 11.2. The summed E-state index contributed by atoms with van der Waals surface area (Å²) in [7, 11) is 0. The van der Waals surface area contributed by atoms with E-state index in [0.29, 0.717) is 0 Å². The van der Waals surface area contributed by atoms with Crippen molar-refractivity contribution in [2.75, 3.05) is 13.2 Å². The van der Waals surface area contributed by atoms with E-state index < -0.39 is 0 Å². The second-order valence-corrected chi connectivity index (χ2v) is 8.05. The molecule has 1 aromatic rings. The standard InChI is InChI=1S/C24H40O2/c1-3-5-6-7-19-25-23-15-17-24(18-16-23)26-20-8-10-22-13-11-21(9-4-2)12-14-22/h15-18,21-22H,3-14,19-20H2,1-2H3. The van der Waals surface area contributed by atoms with Crippen LogP contribution in [0.3, 0.4) is 0 Å². The van der Waals surface area contributed by atoms with Gasteiger partial charge in [0, 0.05) is 0 Å². The van der Waals surface area contributed by atoms with E-state index in [0.717, 1.165) is 43.0 Å². The summed E-state index contributed by atoms with van der Waals surface area (Å²) in [4.78, 5) is 0. The van der Waals surface area contributed by atoms with Gasteiger partial charge in [-0.2, -0.15) is 0 Å². The number of benzene rings is 1. The van der Waals surface area contributed by atoms with E-state index in [2.05, 4.69) is 13.8 Å². The molecule has 26 heavy (non-hydrogen) atoms. The zero-order valence-electron chi connectivity index (χ0n) is 17.2. The molecule has 0 N–H and O–H groups in total. The van der Waals surface area contributed by atoms with Gasteiger partial charge < -0.3 is 9.47 Å². The van der Waals surface area contributed by atoms with Gasteiger partial charge in [0.05, 0.1) is 13.2 Å². The summed E-state index contributed by atoms with van der Waals surface area (Å²) in [6.45, 7) is 6.21. The Hall–Kier alpha value is -1.18. The van der Waals surface area contributed by atoms with Crippen LogP contribution in [0, 0.1) is 11.8 Å². The van der Waals surface area contributed by atoms with Crippen LogP contribution in [0.25, 0.3) is 0 Å². The molecule has 0 atom stereocenters. The van der Waals surface area contributed by atoms with Crippen molar-refractivity contribution >= 4 is 0 Å². The largest absolute Gasteiger partial charge is 0.494 e. The van der Waals surface area contributed by atoms with Crippen LogP contribution < -0.4 is 9.47 Å². The first kappa shape index (κ1) is 21.1. The molecule has 0 aromatic heterocycles. The van der Waals surface area contributed by atoms with Gasteiger partial charge in [-0.15, -0.1) is 0 Å². The minimum Gasteiger partial charge on any atom is -0.494 e. The highest BCUT2D eigenvalue weighted by Gasteiger charge is 2.20. The fourth-order valence-corrected chi connectivity index (χ4v) is 4.13. The van der Waals surface area contributed by atoms with Gasteiger partial charge in [0.15, 0.2) is 0 Å². The lowest BCUT2D eigenvalue weighted by molar-refractivity contribution is 0.230. The summed E-state index contributed by atoms with van der Waals surface area (Å²) in [6, 6.07) is 8.14. The summed E-state index contributed by atoms with van der Waals surface area (Å²) >= 11 is 0. The van der Waals surface area contributed by atoms with E-state index in [1.807, 2.05) is 24.3 Å². The number of hydrogen-bond acceptors (Lipinski definition) is 2. The SMILES string of the molecule is CCCCCCOc1ccc(OCCCC2CCC(CCC)CC2)cc1. The highest BCUT2D eigenvalue weighted by molar-refractivity contribution is 5.31. The molecule has 0 spiro atoms. The van der Waals surface area contributed by atoms with Gasteiger partial charge in [-0.3, -0.25) is 0 Å². The van der Waals surface area contributed by atoms with Gasteiger partial charge in [-0.1, -0.05) is 71.6 Å². The fourth-order valence-electron chi connectivity index (χ4n) is 4.13. The van der Waals surface area contributed by atoms with Crippen LogP contribution in [0.4, 0.5) is 0 Å². The Bertz CT molecular complexity index is 446. The fraction of sp³-hybridized carbons (Fsp3) is 0.750. The van der Waals surface area contributed by atoms with Gasteiger partial charge in [0.25, 0.3) is 0 Å². The quantitative estimate of drug-likeness (QED) is 0.341. The Morgan fingerprint density at radius 1 is 0.654 bits per heavy atom. The molecule has 2 nitrogen and oxygen atoms in total. The van der Waals surface area contributed by atoms with Crippen LogP contribution in [-0.4, -0.2) is 13.2 Å². The Labute approximate surface area is 161 Å². The van der Waals surface area contributed by atoms with Gasteiger partial charge in [-0.05, 0) is 55.4 Å². The average molecular weight is 361 g/mol. The first-order chi connectivity index (χ1) is 12.8. The molecule has 0 saturated heterocycles. The van der Waals surface area contributed by atoms with E-state index in [1.165, 1.54) is 70.6 Å². The van der Waals surface area contributed by atoms with Crippen molar-refractivity contribution in [3.05, 3.63) is 24.3 Å². The first-order valence-electron chi connectivity index (χ1n) is 11.2. The van der Waals surface area contributed by atoms with Gasteiger partial charge in [0.1, 0.15) is 11.5 Å². The van der Waals surface area contributed by atoms with E-state index in [4.69, 9.17) is 9.47 Å². The lowest BCUT2D eigenvalue weighted by atomic mass is 9.78. The van der Waals surface area contributed by atoms with Crippen molar-refractivity contribution in [3.8, 4) is 11.5 Å². The smallest absolute Gasteiger partial charge is 0.119 e. The molecule has 1 saturated carbocycles. The minimum absolute atomic E-state index is 0.820. The average Bonchev–Trinajstić information content (AvgIpc) is 2.68. The van der Waals surface area contributed by atoms with Crippen LogP contribution in [0.1, 0.15) is 90.9 Å². The molecule has 0 bridgehead atoms. The molecular formula is C24H40O2. The molecule has 1 aromatic carbocycles. The van der Waals surface area contributed by atoms with E-state index >= 15 is 0 Å². The lowest BCUT2D eigenvalue weighted by Gasteiger charge is -2.28. The predicted octanol–water partition coefficient (Wildman–Crippen LogP) is 7.41. The maximum absolute atomic E-state index is 5.91. The van der Waals surface area contributed by atoms with E-state index in [9.17, 15) is 0 Å². The molecule has 2 rings (SSSR count). The Kier molecular flexibility index (Phi) is 10.6. The van der Waals surface area contributed by atoms with Crippen LogP contribution >= 0.6 is 0 Å². The van der Waals surface area contributed by atoms with Gasteiger partial charge in [-0.25, -0.2) is 0 Å². The minimum atomic E-state index is 0.820. The molecule has 0 heterocycles. The molecule has 148 valence electrons. The predicted molar refractivity (Wildman–Crippen MR) is 111 cm³/mol. The van der Waals surface area contributed by atoms with Crippen LogP contribution in [0.2, 0.25) is 0 Å². The molecule has 2 heteroatoms. The third-order valence-electron chi connectivity index (χ3n) is 5.78. The van der Waals surface area contributed by atoms with Crippen LogP contribution in [0.15, 0.2) is 24.3 Å². The normalized spacial score (nSPS) is 20.1. The highest BCUT2D eigenvalue weighted by atomic mass is 16.5. The molecule has 0 amide bonds. The third kappa shape index (κ3) is 8.47. The second kappa shape index (κ2) is 13.1. The van der Waals surface area contributed by atoms with Crippen LogP contribution in [-0.2, 0) is 0 Å². The Balaban J connectivity index is 1.53. The summed E-state index contributed by atoms with van der Waals surface area (Å²) in [6.07, 6.45) is 16.1. The van der Waals surface area contributed by atoms with Gasteiger partial charge in [0.2, 0.25) is 0 Å². The molecular weight excluding hydrogens is 320 g/mol. The maximum Gasteiger partial charge on any atom is 0.119 e. The summed E-state index contributed by atoms with van der Waals surface area (Å²) in [5.41, 5.74) is 0. The Morgan fingerprint density at radius 3 is 1.73 bits per heavy atom. The lowest BCUT2D eigenvalue weighted by Crippen LogP contribution is -2.15. The van der Waals surface area contributed by atoms with Crippen molar-refractivity contribution in [2.24, 2.45) is 11.8 Å². The monoisotopic (exact) mass is 360 g/mol. The number of hydrogen-bond donors (Lipinski definition) is 0. The summed E-state index contributed by atoms with van der Waals surface area (Å²) in [5, 5.41) is 0. The highest BCUT2D eigenvalue weighted by Crippen LogP contribution is 2.33. The van der Waals surface area contributed by atoms with Crippen LogP contribution in [0.5, 0.6) is 11.5 Å². The Morgan fingerprint density at radius 2 is 1.19 bits per heavy atom. The molecule has 0 radical (unpaired) electrons. The van der Waals surface area contributed by atoms with Crippen molar-refractivity contribution < 1.29 is 9.47 Å². The molecule has 0 unspecified atom stereocenters. The number of rotatable bonds is 13. The van der Waals surface area contributed by atoms with Crippen molar-refractivity contribution in [3.63, 3.8) is 0 Å². The zero-order chi connectivity index (χ0) is 18.5. The molecule has 1 aliphatic carbocycles. The number of ether oxygens (including phenoxy) is 2. The number of unbranched alkanes of at least 4 members (excludes halogenated alkanes) is 3. The molecule has 1 fully saturated rings. The second-order valence-electron chi connectivity index (χ2n) is 8.05. The summed E-state index contributed by atoms with van der Waals surface area (Å²) < 4.78 is 11.7. The van der Waals surface area contributed by atoms with Crippen molar-refractivity contribution in [2.45, 2.75) is 90.9 Å². The zero-order valence-corrected chi connectivity index (χ0v) is 17.2. The molecule has 0 aliphatic heterocycles.